The Morgan fingerprint density at radius 3 is 1.97 bits per heavy atom. The third kappa shape index (κ3) is 5.69. The summed E-state index contributed by atoms with van der Waals surface area (Å²) in [4.78, 5) is 4.92. The molecule has 5 heteroatoms. The lowest BCUT2D eigenvalue weighted by molar-refractivity contribution is -0.903. The number of hydrogen-bond donors (Lipinski definition) is 1. The van der Waals surface area contributed by atoms with Crippen molar-refractivity contribution < 1.29 is 14.3 Å². The molecule has 0 aliphatic rings. The summed E-state index contributed by atoms with van der Waals surface area (Å²) in [7, 11) is 4.42. The lowest BCUT2D eigenvalue weighted by atomic mass is 9.84. The molecule has 1 heterocycles. The largest absolute Gasteiger partial charge is 0.493 e. The number of nitrogens with zero attached hydrogens (tertiary/aromatic N) is 2. The first-order valence-electron chi connectivity index (χ1n) is 11.3. The lowest BCUT2D eigenvalue weighted by Crippen LogP contribution is -2.40. The highest BCUT2D eigenvalue weighted by Gasteiger charge is 2.36. The maximum atomic E-state index is 11.9. The van der Waals surface area contributed by atoms with Crippen molar-refractivity contribution in [2.45, 2.75) is 18.6 Å². The molecule has 4 rings (SSSR count). The van der Waals surface area contributed by atoms with Crippen molar-refractivity contribution in [1.29, 1.82) is 0 Å². The number of thiazole rings is 1. The van der Waals surface area contributed by atoms with E-state index in [-0.39, 0.29) is 0 Å². The fourth-order valence-corrected chi connectivity index (χ4v) is 5.06. The molecule has 3 aromatic carbocycles. The van der Waals surface area contributed by atoms with Crippen LogP contribution in [0.2, 0.25) is 0 Å². The molecule has 1 N–H and O–H groups in total. The molecule has 0 saturated carbocycles. The molecule has 0 unspecified atom stereocenters. The number of rotatable bonds is 10. The molecule has 1 aromatic heterocycles. The van der Waals surface area contributed by atoms with Gasteiger partial charge in [-0.15, -0.1) is 11.3 Å². The number of quaternary nitrogens is 1. The minimum absolute atomic E-state index is 0.673. The number of aliphatic hydroxyl groups is 1. The smallest absolute Gasteiger partial charge is 0.158 e. The zero-order valence-corrected chi connectivity index (χ0v) is 20.0. The van der Waals surface area contributed by atoms with E-state index in [1.54, 1.807) is 11.3 Å². The molecular formula is C28H31N2O2S+. The van der Waals surface area contributed by atoms with Gasteiger partial charge in [0.15, 0.2) is 5.60 Å². The molecule has 0 aliphatic heterocycles. The van der Waals surface area contributed by atoms with Crippen LogP contribution in [-0.2, 0) is 12.1 Å². The van der Waals surface area contributed by atoms with Gasteiger partial charge in [-0.3, -0.25) is 0 Å². The van der Waals surface area contributed by atoms with Gasteiger partial charge in [0, 0.05) is 11.8 Å². The van der Waals surface area contributed by atoms with E-state index in [9.17, 15) is 5.11 Å². The van der Waals surface area contributed by atoms with Crippen LogP contribution < -0.4 is 4.74 Å². The van der Waals surface area contributed by atoms with Crippen molar-refractivity contribution in [2.24, 2.45) is 0 Å². The van der Waals surface area contributed by atoms with Crippen LogP contribution in [0.4, 0.5) is 0 Å². The molecule has 33 heavy (non-hydrogen) atoms. The van der Waals surface area contributed by atoms with E-state index in [1.807, 2.05) is 96.4 Å². The maximum Gasteiger partial charge on any atom is 0.158 e. The SMILES string of the molecule is C[N+](C)(CCCOc1ccccc1)Cc1nc(C(O)(c2ccccc2)c2ccccc2)cs1. The molecular weight excluding hydrogens is 428 g/mol. The minimum atomic E-state index is -1.28. The summed E-state index contributed by atoms with van der Waals surface area (Å²) in [5.41, 5.74) is 1.03. The van der Waals surface area contributed by atoms with Gasteiger partial charge in [0.2, 0.25) is 0 Å². The second kappa shape index (κ2) is 10.3. The highest BCUT2D eigenvalue weighted by molar-refractivity contribution is 7.09. The Morgan fingerprint density at radius 1 is 0.848 bits per heavy atom. The molecule has 0 fully saturated rings. The highest BCUT2D eigenvalue weighted by Crippen LogP contribution is 2.37. The van der Waals surface area contributed by atoms with Crippen LogP contribution in [-0.4, -0.2) is 41.8 Å². The summed E-state index contributed by atoms with van der Waals surface area (Å²) in [5.74, 6) is 0.911. The molecule has 0 radical (unpaired) electrons. The van der Waals surface area contributed by atoms with E-state index < -0.39 is 5.60 Å². The normalized spacial score (nSPS) is 12.0. The van der Waals surface area contributed by atoms with E-state index in [1.165, 1.54) is 0 Å². The van der Waals surface area contributed by atoms with Gasteiger partial charge in [0.05, 0.1) is 32.9 Å². The van der Waals surface area contributed by atoms with E-state index in [0.29, 0.717) is 12.3 Å². The molecule has 170 valence electrons. The van der Waals surface area contributed by atoms with E-state index in [0.717, 1.165) is 45.9 Å². The molecule has 0 bridgehead atoms. The van der Waals surface area contributed by atoms with Gasteiger partial charge in [-0.1, -0.05) is 78.9 Å². The summed E-state index contributed by atoms with van der Waals surface area (Å²) in [6.07, 6.45) is 0.956. The van der Waals surface area contributed by atoms with Gasteiger partial charge in [0.1, 0.15) is 17.3 Å². The zero-order valence-electron chi connectivity index (χ0n) is 19.2. The van der Waals surface area contributed by atoms with Crippen LogP contribution >= 0.6 is 11.3 Å². The molecule has 4 aromatic rings. The highest BCUT2D eigenvalue weighted by atomic mass is 32.1. The fraction of sp³-hybridized carbons (Fsp3) is 0.250. The molecule has 0 atom stereocenters. The number of para-hydroxylation sites is 1. The Kier molecular flexibility index (Phi) is 7.23. The van der Waals surface area contributed by atoms with Crippen LogP contribution in [0.25, 0.3) is 0 Å². The lowest BCUT2D eigenvalue weighted by Gasteiger charge is -2.29. The van der Waals surface area contributed by atoms with Gasteiger partial charge < -0.3 is 14.3 Å². The van der Waals surface area contributed by atoms with E-state index in [4.69, 9.17) is 9.72 Å². The number of hydrogen-bond acceptors (Lipinski definition) is 4. The summed E-state index contributed by atoms with van der Waals surface area (Å²) < 4.78 is 6.65. The van der Waals surface area contributed by atoms with Gasteiger partial charge in [-0.25, -0.2) is 4.98 Å². The summed E-state index contributed by atoms with van der Waals surface area (Å²) in [6, 6.07) is 29.5. The minimum Gasteiger partial charge on any atom is -0.493 e. The topological polar surface area (TPSA) is 42.4 Å². The predicted octanol–water partition coefficient (Wildman–Crippen LogP) is 5.47. The Labute approximate surface area is 200 Å². The van der Waals surface area contributed by atoms with Crippen molar-refractivity contribution in [2.75, 3.05) is 27.2 Å². The van der Waals surface area contributed by atoms with Crippen LogP contribution in [0.1, 0.15) is 28.2 Å². The first-order valence-corrected chi connectivity index (χ1v) is 12.1. The Hall–Kier alpha value is -2.99. The monoisotopic (exact) mass is 459 g/mol. The van der Waals surface area contributed by atoms with Gasteiger partial charge in [0.25, 0.3) is 0 Å². The van der Waals surface area contributed by atoms with Crippen LogP contribution in [0.3, 0.4) is 0 Å². The van der Waals surface area contributed by atoms with Gasteiger partial charge >= 0.3 is 0 Å². The molecule has 0 spiro atoms. The van der Waals surface area contributed by atoms with E-state index >= 15 is 0 Å². The standard InChI is InChI=1S/C28H31N2O2S/c1-30(2,19-12-20-32-25-17-10-5-11-18-25)21-27-29-26(22-33-27)28(31,23-13-6-3-7-14-23)24-15-8-4-9-16-24/h3-11,13-18,22,31H,12,19-21H2,1-2H3/q+1. The number of benzene rings is 3. The molecule has 0 saturated heterocycles. The first kappa shape index (κ1) is 23.2. The predicted molar refractivity (Wildman–Crippen MR) is 134 cm³/mol. The average molecular weight is 460 g/mol. The quantitative estimate of drug-likeness (QED) is 0.252. The summed E-state index contributed by atoms with van der Waals surface area (Å²) >= 11 is 1.61. The van der Waals surface area contributed by atoms with Crippen LogP contribution in [0.15, 0.2) is 96.4 Å². The van der Waals surface area contributed by atoms with Crippen molar-refractivity contribution in [1.82, 2.24) is 4.98 Å². The third-order valence-electron chi connectivity index (χ3n) is 5.79. The second-order valence-electron chi connectivity index (χ2n) is 8.90. The second-order valence-corrected chi connectivity index (χ2v) is 9.84. The van der Waals surface area contributed by atoms with Crippen LogP contribution in [0.5, 0.6) is 5.75 Å². The Bertz CT molecular complexity index is 1090. The first-order chi connectivity index (χ1) is 16.0. The number of ether oxygens (including phenoxy) is 1. The van der Waals surface area contributed by atoms with Crippen molar-refractivity contribution in [3.05, 3.63) is 118 Å². The van der Waals surface area contributed by atoms with Crippen LogP contribution in [0, 0.1) is 0 Å². The zero-order chi connectivity index (χ0) is 23.2. The fourth-order valence-electron chi connectivity index (χ4n) is 4.02. The van der Waals surface area contributed by atoms with Crippen molar-refractivity contribution >= 4 is 11.3 Å². The van der Waals surface area contributed by atoms with Gasteiger partial charge in [-0.05, 0) is 23.3 Å². The average Bonchev–Trinajstić information content (AvgIpc) is 3.31. The molecule has 0 amide bonds. The van der Waals surface area contributed by atoms with Crippen molar-refractivity contribution in [3.8, 4) is 5.75 Å². The number of aromatic nitrogens is 1. The Morgan fingerprint density at radius 2 is 1.39 bits per heavy atom. The van der Waals surface area contributed by atoms with Gasteiger partial charge in [-0.2, -0.15) is 0 Å². The molecule has 4 nitrogen and oxygen atoms in total. The maximum absolute atomic E-state index is 11.9. The third-order valence-corrected chi connectivity index (χ3v) is 6.62. The van der Waals surface area contributed by atoms with E-state index in [2.05, 4.69) is 14.1 Å². The Balaban J connectivity index is 1.46. The molecule has 0 aliphatic carbocycles. The van der Waals surface area contributed by atoms with Crippen molar-refractivity contribution in [3.63, 3.8) is 0 Å². The summed E-state index contributed by atoms with van der Waals surface area (Å²) in [6.45, 7) is 2.47. The summed E-state index contributed by atoms with van der Waals surface area (Å²) in [5, 5.41) is 15.0.